The van der Waals surface area contributed by atoms with E-state index in [0.29, 0.717) is 12.0 Å². The third-order valence-corrected chi connectivity index (χ3v) is 2.10. The summed E-state index contributed by atoms with van der Waals surface area (Å²) in [4.78, 5) is 0. The number of hydrogen-bond donors (Lipinski definition) is 1. The van der Waals surface area contributed by atoms with Gasteiger partial charge in [0.2, 0.25) is 0 Å². The molecule has 68 valence electrons. The average molecular weight is 159 g/mol. The molecule has 0 heterocycles. The Morgan fingerprint density at radius 1 is 1.45 bits per heavy atom. The van der Waals surface area contributed by atoms with Crippen LogP contribution in [0.15, 0.2) is 0 Å². The topological polar surface area (TPSA) is 35.2 Å². The number of methoxy groups -OCH3 is 1. The van der Waals surface area contributed by atoms with Crippen LogP contribution in [0.1, 0.15) is 33.1 Å². The first-order chi connectivity index (χ1) is 5.24. The molecule has 0 aliphatic heterocycles. The van der Waals surface area contributed by atoms with Crippen molar-refractivity contribution >= 4 is 0 Å². The summed E-state index contributed by atoms with van der Waals surface area (Å²) in [6.45, 7) is 5.08. The van der Waals surface area contributed by atoms with E-state index in [1.54, 1.807) is 7.11 Å². The molecule has 2 N–H and O–H groups in total. The Labute approximate surface area is 70.1 Å². The molecular weight excluding hydrogens is 138 g/mol. The van der Waals surface area contributed by atoms with E-state index in [-0.39, 0.29) is 0 Å². The molecule has 0 aromatic carbocycles. The summed E-state index contributed by atoms with van der Waals surface area (Å²) >= 11 is 0. The van der Waals surface area contributed by atoms with E-state index in [4.69, 9.17) is 10.5 Å². The zero-order valence-corrected chi connectivity index (χ0v) is 7.97. The second kappa shape index (κ2) is 6.62. The second-order valence-corrected chi connectivity index (χ2v) is 3.17. The first kappa shape index (κ1) is 10.9. The van der Waals surface area contributed by atoms with Crippen molar-refractivity contribution in [2.75, 3.05) is 13.7 Å². The molecule has 11 heavy (non-hydrogen) atoms. The molecule has 0 spiro atoms. The van der Waals surface area contributed by atoms with Gasteiger partial charge in [-0.1, -0.05) is 13.3 Å². The first-order valence-electron chi connectivity index (χ1n) is 4.47. The van der Waals surface area contributed by atoms with Crippen molar-refractivity contribution < 1.29 is 4.74 Å². The zero-order chi connectivity index (χ0) is 8.69. The summed E-state index contributed by atoms with van der Waals surface area (Å²) in [5.74, 6) is 0.648. The van der Waals surface area contributed by atoms with Crippen molar-refractivity contribution in [3.05, 3.63) is 0 Å². The SMILES string of the molecule is CCCC(CN)CC(C)OC. The normalized spacial score (nSPS) is 16.4. The molecule has 0 amide bonds. The van der Waals surface area contributed by atoms with Crippen LogP contribution >= 0.6 is 0 Å². The molecule has 2 nitrogen and oxygen atoms in total. The molecule has 0 bridgehead atoms. The largest absolute Gasteiger partial charge is 0.382 e. The highest BCUT2D eigenvalue weighted by Crippen LogP contribution is 2.13. The van der Waals surface area contributed by atoms with Gasteiger partial charge in [-0.3, -0.25) is 0 Å². The Bertz CT molecular complexity index is 85.6. The third kappa shape index (κ3) is 5.22. The van der Waals surface area contributed by atoms with Gasteiger partial charge in [-0.15, -0.1) is 0 Å². The average Bonchev–Trinajstić information content (AvgIpc) is 2.03. The molecule has 2 heteroatoms. The van der Waals surface area contributed by atoms with E-state index in [1.807, 2.05) is 0 Å². The predicted molar refractivity (Wildman–Crippen MR) is 48.5 cm³/mol. The van der Waals surface area contributed by atoms with Gasteiger partial charge >= 0.3 is 0 Å². The van der Waals surface area contributed by atoms with Gasteiger partial charge in [-0.2, -0.15) is 0 Å². The van der Waals surface area contributed by atoms with Crippen LogP contribution in [-0.2, 0) is 4.74 Å². The van der Waals surface area contributed by atoms with Crippen molar-refractivity contribution in [2.45, 2.75) is 39.2 Å². The molecule has 0 fully saturated rings. The van der Waals surface area contributed by atoms with Crippen molar-refractivity contribution in [1.82, 2.24) is 0 Å². The van der Waals surface area contributed by atoms with Gasteiger partial charge in [0.25, 0.3) is 0 Å². The van der Waals surface area contributed by atoms with Crippen LogP contribution in [-0.4, -0.2) is 19.8 Å². The third-order valence-electron chi connectivity index (χ3n) is 2.10. The van der Waals surface area contributed by atoms with Gasteiger partial charge in [0, 0.05) is 7.11 Å². The smallest absolute Gasteiger partial charge is 0.0546 e. The van der Waals surface area contributed by atoms with Crippen molar-refractivity contribution in [1.29, 1.82) is 0 Å². The number of ether oxygens (including phenoxy) is 1. The Hall–Kier alpha value is -0.0800. The van der Waals surface area contributed by atoms with Gasteiger partial charge in [0.15, 0.2) is 0 Å². The molecule has 0 saturated carbocycles. The van der Waals surface area contributed by atoms with E-state index in [1.165, 1.54) is 12.8 Å². The summed E-state index contributed by atoms with van der Waals surface area (Å²) in [6.07, 6.45) is 3.90. The second-order valence-electron chi connectivity index (χ2n) is 3.17. The van der Waals surface area contributed by atoms with E-state index in [0.717, 1.165) is 13.0 Å². The Morgan fingerprint density at radius 2 is 2.09 bits per heavy atom. The van der Waals surface area contributed by atoms with E-state index in [9.17, 15) is 0 Å². The predicted octanol–water partition coefficient (Wildman–Crippen LogP) is 1.79. The van der Waals surface area contributed by atoms with Crippen LogP contribution in [0.2, 0.25) is 0 Å². The monoisotopic (exact) mass is 159 g/mol. The standard InChI is InChI=1S/C9H21NO/c1-4-5-9(7-10)6-8(2)11-3/h8-9H,4-7,10H2,1-3H3. The maximum absolute atomic E-state index is 5.61. The Kier molecular flexibility index (Phi) is 6.57. The molecule has 2 atom stereocenters. The minimum absolute atomic E-state index is 0.357. The molecule has 0 aliphatic rings. The van der Waals surface area contributed by atoms with E-state index in [2.05, 4.69) is 13.8 Å². The Morgan fingerprint density at radius 3 is 2.45 bits per heavy atom. The zero-order valence-electron chi connectivity index (χ0n) is 7.97. The first-order valence-corrected chi connectivity index (χ1v) is 4.47. The molecule has 0 aromatic rings. The number of rotatable bonds is 6. The van der Waals surface area contributed by atoms with E-state index >= 15 is 0 Å². The quantitative estimate of drug-likeness (QED) is 0.641. The molecule has 0 rings (SSSR count). The summed E-state index contributed by atoms with van der Waals surface area (Å²) in [7, 11) is 1.75. The molecular formula is C9H21NO. The van der Waals surface area contributed by atoms with Gasteiger partial charge in [-0.25, -0.2) is 0 Å². The van der Waals surface area contributed by atoms with Crippen LogP contribution in [0.5, 0.6) is 0 Å². The summed E-state index contributed by atoms with van der Waals surface area (Å²) < 4.78 is 5.17. The molecule has 0 saturated heterocycles. The Balaban J connectivity index is 3.49. The van der Waals surface area contributed by atoms with Crippen molar-refractivity contribution in [3.8, 4) is 0 Å². The van der Waals surface area contributed by atoms with Crippen LogP contribution < -0.4 is 5.73 Å². The lowest BCUT2D eigenvalue weighted by Crippen LogP contribution is -2.20. The van der Waals surface area contributed by atoms with E-state index < -0.39 is 0 Å². The molecule has 2 unspecified atom stereocenters. The van der Waals surface area contributed by atoms with Gasteiger partial charge in [-0.05, 0) is 32.2 Å². The lowest BCUT2D eigenvalue weighted by molar-refractivity contribution is 0.0945. The number of nitrogens with two attached hydrogens (primary N) is 1. The van der Waals surface area contributed by atoms with Crippen LogP contribution in [0.4, 0.5) is 0 Å². The maximum atomic E-state index is 5.61. The molecule has 0 aromatic heterocycles. The fourth-order valence-corrected chi connectivity index (χ4v) is 1.31. The molecule has 0 radical (unpaired) electrons. The van der Waals surface area contributed by atoms with Crippen LogP contribution in [0.25, 0.3) is 0 Å². The summed E-state index contributed by atoms with van der Waals surface area (Å²) in [5, 5.41) is 0. The summed E-state index contributed by atoms with van der Waals surface area (Å²) in [5.41, 5.74) is 5.61. The minimum atomic E-state index is 0.357. The minimum Gasteiger partial charge on any atom is -0.382 e. The van der Waals surface area contributed by atoms with Crippen molar-refractivity contribution in [3.63, 3.8) is 0 Å². The van der Waals surface area contributed by atoms with Gasteiger partial charge < -0.3 is 10.5 Å². The lowest BCUT2D eigenvalue weighted by Gasteiger charge is -2.17. The fraction of sp³-hybridized carbons (Fsp3) is 1.00. The number of hydrogen-bond acceptors (Lipinski definition) is 2. The van der Waals surface area contributed by atoms with Gasteiger partial charge in [0.05, 0.1) is 6.10 Å². The summed E-state index contributed by atoms with van der Waals surface area (Å²) in [6, 6.07) is 0. The van der Waals surface area contributed by atoms with Gasteiger partial charge in [0.1, 0.15) is 0 Å². The highest BCUT2D eigenvalue weighted by molar-refractivity contribution is 4.63. The van der Waals surface area contributed by atoms with Crippen LogP contribution in [0.3, 0.4) is 0 Å². The highest BCUT2D eigenvalue weighted by atomic mass is 16.5. The highest BCUT2D eigenvalue weighted by Gasteiger charge is 2.09. The maximum Gasteiger partial charge on any atom is 0.0546 e. The lowest BCUT2D eigenvalue weighted by atomic mass is 9.97. The molecule has 0 aliphatic carbocycles. The van der Waals surface area contributed by atoms with Crippen molar-refractivity contribution in [2.24, 2.45) is 11.7 Å². The van der Waals surface area contributed by atoms with Crippen LogP contribution in [0, 0.1) is 5.92 Å². The fourth-order valence-electron chi connectivity index (χ4n) is 1.31.